The van der Waals surface area contributed by atoms with Gasteiger partial charge in [-0.15, -0.1) is 11.3 Å². The molecule has 29 heavy (non-hydrogen) atoms. The Labute approximate surface area is 176 Å². The minimum Gasteiger partial charge on any atom is -0.354 e. The van der Waals surface area contributed by atoms with Crippen molar-refractivity contribution in [2.75, 3.05) is 6.54 Å². The second-order valence-electron chi connectivity index (χ2n) is 7.74. The second-order valence-corrected chi connectivity index (χ2v) is 8.69. The molecule has 1 aromatic heterocycles. The van der Waals surface area contributed by atoms with Crippen LogP contribution in [-0.2, 0) is 14.4 Å². The molecule has 1 aliphatic carbocycles. The maximum absolute atomic E-state index is 12.7. The van der Waals surface area contributed by atoms with Crippen molar-refractivity contribution >= 4 is 34.7 Å². The lowest BCUT2D eigenvalue weighted by Gasteiger charge is -2.36. The molecule has 2 rings (SSSR count). The van der Waals surface area contributed by atoms with Gasteiger partial charge in [-0.2, -0.15) is 0 Å². The first-order valence-electron chi connectivity index (χ1n) is 10.6. The molecule has 1 heterocycles. The number of unbranched alkanes of at least 4 members (excludes halogenated alkanes) is 1. The van der Waals surface area contributed by atoms with Crippen LogP contribution in [0.2, 0.25) is 0 Å². The molecular weight excluding hydrogens is 388 g/mol. The number of ketones is 2. The summed E-state index contributed by atoms with van der Waals surface area (Å²) >= 11 is 1.37. The van der Waals surface area contributed by atoms with Gasteiger partial charge in [0.15, 0.2) is 5.78 Å². The summed E-state index contributed by atoms with van der Waals surface area (Å²) in [7, 11) is 0. The Bertz CT molecular complexity index is 694. The molecule has 0 bridgehead atoms. The summed E-state index contributed by atoms with van der Waals surface area (Å²) in [5.41, 5.74) is -0.846. The highest BCUT2D eigenvalue weighted by molar-refractivity contribution is 7.12. The summed E-state index contributed by atoms with van der Waals surface area (Å²) in [4.78, 5) is 49.9. The highest BCUT2D eigenvalue weighted by Gasteiger charge is 2.40. The van der Waals surface area contributed by atoms with Crippen molar-refractivity contribution in [1.82, 2.24) is 10.6 Å². The van der Waals surface area contributed by atoms with Crippen LogP contribution in [0.5, 0.6) is 0 Å². The van der Waals surface area contributed by atoms with Gasteiger partial charge in [0.2, 0.25) is 11.8 Å². The van der Waals surface area contributed by atoms with Gasteiger partial charge in [0.1, 0.15) is 11.3 Å². The zero-order chi connectivity index (χ0) is 21.1. The number of rotatable bonds is 12. The van der Waals surface area contributed by atoms with Crippen molar-refractivity contribution < 1.29 is 19.2 Å². The van der Waals surface area contributed by atoms with E-state index in [0.717, 1.165) is 32.1 Å². The monoisotopic (exact) mass is 420 g/mol. The lowest BCUT2D eigenvalue weighted by Crippen LogP contribution is -2.59. The molecule has 2 amide bonds. The van der Waals surface area contributed by atoms with Crippen molar-refractivity contribution in [2.45, 2.75) is 83.1 Å². The lowest BCUT2D eigenvalue weighted by atomic mass is 9.80. The van der Waals surface area contributed by atoms with Crippen LogP contribution in [0.3, 0.4) is 0 Å². The normalized spacial score (nSPS) is 15.5. The van der Waals surface area contributed by atoms with Gasteiger partial charge in [0, 0.05) is 32.2 Å². The Morgan fingerprint density at radius 3 is 2.41 bits per heavy atom. The molecule has 0 unspecified atom stereocenters. The summed E-state index contributed by atoms with van der Waals surface area (Å²) in [5, 5.41) is 7.72. The third-order valence-corrected chi connectivity index (χ3v) is 6.31. The van der Waals surface area contributed by atoms with E-state index in [2.05, 4.69) is 17.6 Å². The molecule has 7 heteroatoms. The Kier molecular flexibility index (Phi) is 9.51. The molecular formula is C22H32N2O4S. The van der Waals surface area contributed by atoms with Gasteiger partial charge in [-0.05, 0) is 30.7 Å². The number of carbonyl (C=O) groups excluding carboxylic acids is 4. The van der Waals surface area contributed by atoms with E-state index in [9.17, 15) is 19.2 Å². The number of carbonyl (C=O) groups is 4. The first kappa shape index (κ1) is 23.3. The fourth-order valence-corrected chi connectivity index (χ4v) is 4.33. The third-order valence-electron chi connectivity index (χ3n) is 5.39. The van der Waals surface area contributed by atoms with E-state index < -0.39 is 5.54 Å². The molecule has 2 N–H and O–H groups in total. The topological polar surface area (TPSA) is 92.3 Å². The second kappa shape index (κ2) is 11.9. The van der Waals surface area contributed by atoms with E-state index in [1.807, 2.05) is 11.4 Å². The first-order valence-corrected chi connectivity index (χ1v) is 11.5. The van der Waals surface area contributed by atoms with Crippen molar-refractivity contribution in [3.8, 4) is 0 Å². The van der Waals surface area contributed by atoms with Crippen LogP contribution in [0.4, 0.5) is 0 Å². The molecule has 0 saturated heterocycles. The van der Waals surface area contributed by atoms with E-state index in [4.69, 9.17) is 0 Å². The molecule has 1 aliphatic rings. The zero-order valence-corrected chi connectivity index (χ0v) is 18.1. The van der Waals surface area contributed by atoms with Crippen LogP contribution in [-0.4, -0.2) is 35.5 Å². The smallest absolute Gasteiger partial charge is 0.245 e. The summed E-state index contributed by atoms with van der Waals surface area (Å²) in [6, 6.07) is 3.56. The van der Waals surface area contributed by atoms with Gasteiger partial charge in [-0.25, -0.2) is 0 Å². The van der Waals surface area contributed by atoms with Gasteiger partial charge < -0.3 is 10.6 Å². The Morgan fingerprint density at radius 2 is 1.76 bits per heavy atom. The fourth-order valence-electron chi connectivity index (χ4n) is 3.63. The molecule has 1 aromatic rings. The highest BCUT2D eigenvalue weighted by atomic mass is 32.1. The predicted octanol–water partition coefficient (Wildman–Crippen LogP) is 3.80. The zero-order valence-electron chi connectivity index (χ0n) is 17.3. The summed E-state index contributed by atoms with van der Waals surface area (Å²) in [6.45, 7) is 2.68. The van der Waals surface area contributed by atoms with E-state index in [1.54, 1.807) is 6.07 Å². The van der Waals surface area contributed by atoms with Crippen LogP contribution in [0, 0.1) is 0 Å². The predicted molar refractivity (Wildman–Crippen MR) is 114 cm³/mol. The number of nitrogens with one attached hydrogen (secondary N) is 2. The van der Waals surface area contributed by atoms with Crippen molar-refractivity contribution in [3.05, 3.63) is 22.4 Å². The van der Waals surface area contributed by atoms with Crippen LogP contribution < -0.4 is 10.6 Å². The Balaban J connectivity index is 1.79. The molecule has 0 aliphatic heterocycles. The molecule has 0 radical (unpaired) electrons. The molecule has 160 valence electrons. The number of hydrogen-bond acceptors (Lipinski definition) is 5. The molecule has 0 atom stereocenters. The Morgan fingerprint density at radius 1 is 1.03 bits per heavy atom. The maximum Gasteiger partial charge on any atom is 0.245 e. The molecule has 6 nitrogen and oxygen atoms in total. The quantitative estimate of drug-likeness (QED) is 0.397. The minimum absolute atomic E-state index is 0.0392. The van der Waals surface area contributed by atoms with Crippen LogP contribution in [0.15, 0.2) is 17.5 Å². The van der Waals surface area contributed by atoms with Gasteiger partial charge in [0.25, 0.3) is 0 Å². The molecule has 1 saturated carbocycles. The first-order chi connectivity index (χ1) is 14.0. The van der Waals surface area contributed by atoms with Crippen molar-refractivity contribution in [1.29, 1.82) is 0 Å². The average Bonchev–Trinajstić information content (AvgIpc) is 3.26. The fraction of sp³-hybridized carbons (Fsp3) is 0.636. The highest BCUT2D eigenvalue weighted by Crippen LogP contribution is 2.28. The summed E-state index contributed by atoms with van der Waals surface area (Å²) in [5.74, 6) is -0.514. The van der Waals surface area contributed by atoms with Crippen molar-refractivity contribution in [3.63, 3.8) is 0 Å². The number of hydrogen-bond donors (Lipinski definition) is 2. The minimum atomic E-state index is -0.846. The van der Waals surface area contributed by atoms with E-state index in [1.165, 1.54) is 11.3 Å². The van der Waals surface area contributed by atoms with Crippen LogP contribution in [0.25, 0.3) is 0 Å². The third kappa shape index (κ3) is 7.38. The van der Waals surface area contributed by atoms with Crippen LogP contribution in [0.1, 0.15) is 87.2 Å². The van der Waals surface area contributed by atoms with Crippen LogP contribution >= 0.6 is 11.3 Å². The summed E-state index contributed by atoms with van der Waals surface area (Å²) < 4.78 is 0. The Hall–Kier alpha value is -2.02. The molecule has 0 aromatic carbocycles. The van der Waals surface area contributed by atoms with Gasteiger partial charge >= 0.3 is 0 Å². The maximum atomic E-state index is 12.7. The largest absolute Gasteiger partial charge is 0.354 e. The molecule has 0 spiro atoms. The van der Waals surface area contributed by atoms with Crippen molar-refractivity contribution in [2.24, 2.45) is 0 Å². The van der Waals surface area contributed by atoms with E-state index in [0.29, 0.717) is 24.3 Å². The number of Topliss-reactive ketones (excluding diaryl/α,β-unsaturated/α-hetero) is 2. The summed E-state index contributed by atoms with van der Waals surface area (Å²) in [6.07, 6.45) is 6.53. The van der Waals surface area contributed by atoms with E-state index in [-0.39, 0.29) is 49.1 Å². The average molecular weight is 421 g/mol. The number of thiophene rings is 1. The standard InChI is InChI=1S/C22H32N2O4S/c1-2-3-15-23-21(28)22(13-5-4-6-14-22)24-20(27)12-10-17(25)9-11-18(26)19-8-7-16-29-19/h7-8,16H,2-6,9-15H2,1H3,(H,23,28)(H,24,27). The van der Waals surface area contributed by atoms with Gasteiger partial charge in [-0.1, -0.05) is 38.7 Å². The lowest BCUT2D eigenvalue weighted by molar-refractivity contribution is -0.135. The van der Waals surface area contributed by atoms with Gasteiger partial charge in [-0.3, -0.25) is 19.2 Å². The number of amides is 2. The SMILES string of the molecule is CCCCNC(=O)C1(NC(=O)CCC(=O)CCC(=O)c2cccs2)CCCCC1. The molecule has 1 fully saturated rings. The van der Waals surface area contributed by atoms with E-state index >= 15 is 0 Å². The van der Waals surface area contributed by atoms with Gasteiger partial charge in [0.05, 0.1) is 4.88 Å².